The molecule has 0 unspecified atom stereocenters. The number of nitrogens with zero attached hydrogens (tertiary/aromatic N) is 4. The van der Waals surface area contributed by atoms with Crippen LogP contribution in [0, 0.1) is 12.8 Å². The van der Waals surface area contributed by atoms with Crippen LogP contribution >= 0.6 is 0 Å². The van der Waals surface area contributed by atoms with Crippen molar-refractivity contribution in [3.8, 4) is 0 Å². The van der Waals surface area contributed by atoms with E-state index in [9.17, 15) is 9.59 Å². The fraction of sp³-hybridized carbons (Fsp3) is 0.310. The minimum Gasteiger partial charge on any atom is -0.351 e. The van der Waals surface area contributed by atoms with Gasteiger partial charge in [-0.3, -0.25) is 14.2 Å². The summed E-state index contributed by atoms with van der Waals surface area (Å²) >= 11 is 0. The Balaban J connectivity index is 1.42. The van der Waals surface area contributed by atoms with Gasteiger partial charge in [0.2, 0.25) is 5.91 Å². The molecular weight excluding hydrogens is 450 g/mol. The van der Waals surface area contributed by atoms with E-state index in [0.717, 1.165) is 30.5 Å². The van der Waals surface area contributed by atoms with E-state index in [1.165, 1.54) is 11.1 Å². The van der Waals surface area contributed by atoms with Gasteiger partial charge < -0.3 is 10.2 Å². The summed E-state index contributed by atoms with van der Waals surface area (Å²) in [6, 6.07) is 19.8. The van der Waals surface area contributed by atoms with Crippen molar-refractivity contribution in [3.05, 3.63) is 93.9 Å². The summed E-state index contributed by atoms with van der Waals surface area (Å²) in [6.45, 7) is 5.70. The molecule has 2 aromatic heterocycles. The van der Waals surface area contributed by atoms with E-state index in [1.54, 1.807) is 10.8 Å². The van der Waals surface area contributed by atoms with Gasteiger partial charge in [0.1, 0.15) is 5.52 Å². The maximum absolute atomic E-state index is 13.7. The molecule has 3 heterocycles. The van der Waals surface area contributed by atoms with E-state index in [4.69, 9.17) is 4.98 Å². The van der Waals surface area contributed by atoms with E-state index < -0.39 is 0 Å². The zero-order valence-electron chi connectivity index (χ0n) is 20.8. The highest BCUT2D eigenvalue weighted by atomic mass is 16.2. The van der Waals surface area contributed by atoms with Crippen molar-refractivity contribution >= 4 is 28.6 Å². The highest BCUT2D eigenvalue weighted by molar-refractivity contribution is 5.93. The molecule has 1 atom stereocenters. The molecule has 36 heavy (non-hydrogen) atoms. The molecule has 1 aliphatic rings. The van der Waals surface area contributed by atoms with Crippen LogP contribution in [0.15, 0.2) is 71.7 Å². The third-order valence-corrected chi connectivity index (χ3v) is 6.87. The van der Waals surface area contributed by atoms with Crippen molar-refractivity contribution in [2.24, 2.45) is 5.92 Å². The molecule has 1 fully saturated rings. The average Bonchev–Trinajstić information content (AvgIpc) is 2.91. The van der Waals surface area contributed by atoms with Gasteiger partial charge in [-0.15, -0.1) is 0 Å². The number of pyridine rings is 1. The van der Waals surface area contributed by atoms with Gasteiger partial charge in [0.05, 0.1) is 12.5 Å². The Kier molecular flexibility index (Phi) is 6.80. The number of aryl methyl sites for hydroxylation is 2. The standard InChI is InChI=1S/C29H31N5O2/c1-3-21-12-14-24(15-13-21)31-28(35)23-6-5-17-33(19-23)27-29(36)34(18-22-10-8-20(2)9-11-22)26-25(32-27)7-4-16-30-26/h4,7-16,23H,3,5-6,17-19H2,1-2H3,(H,31,35)/t23-/m1/s1. The smallest absolute Gasteiger partial charge is 0.295 e. The predicted octanol–water partition coefficient (Wildman–Crippen LogP) is 4.57. The number of anilines is 2. The lowest BCUT2D eigenvalue weighted by atomic mass is 9.97. The van der Waals surface area contributed by atoms with Gasteiger partial charge in [0.25, 0.3) is 5.56 Å². The van der Waals surface area contributed by atoms with Crippen molar-refractivity contribution < 1.29 is 4.79 Å². The number of nitrogens with one attached hydrogen (secondary N) is 1. The fourth-order valence-corrected chi connectivity index (χ4v) is 4.74. The zero-order valence-corrected chi connectivity index (χ0v) is 20.8. The second kappa shape index (κ2) is 10.3. The summed E-state index contributed by atoms with van der Waals surface area (Å²) in [7, 11) is 0. The van der Waals surface area contributed by atoms with Gasteiger partial charge in [-0.1, -0.05) is 48.9 Å². The molecule has 1 amide bonds. The number of rotatable bonds is 6. The number of hydrogen-bond acceptors (Lipinski definition) is 5. The number of amides is 1. The van der Waals surface area contributed by atoms with E-state index in [2.05, 4.69) is 17.2 Å². The topological polar surface area (TPSA) is 80.1 Å². The Morgan fingerprint density at radius 3 is 2.56 bits per heavy atom. The number of aromatic nitrogens is 3. The number of carbonyl (C=O) groups is 1. The number of carbonyl (C=O) groups excluding carboxylic acids is 1. The van der Waals surface area contributed by atoms with Crippen LogP contribution < -0.4 is 15.8 Å². The van der Waals surface area contributed by atoms with Gasteiger partial charge in [-0.05, 0) is 61.6 Å². The molecule has 1 saturated heterocycles. The largest absolute Gasteiger partial charge is 0.351 e. The van der Waals surface area contributed by atoms with Crippen molar-refractivity contribution in [1.29, 1.82) is 0 Å². The summed E-state index contributed by atoms with van der Waals surface area (Å²) in [4.78, 5) is 37.9. The summed E-state index contributed by atoms with van der Waals surface area (Å²) in [6.07, 6.45) is 4.24. The molecule has 7 nitrogen and oxygen atoms in total. The Bertz CT molecular complexity index is 1430. The minimum absolute atomic E-state index is 0.0219. The van der Waals surface area contributed by atoms with Crippen LogP contribution in [0.5, 0.6) is 0 Å². The SMILES string of the molecule is CCc1ccc(NC(=O)[C@@H]2CCCN(c3nc4cccnc4n(Cc4ccc(C)cc4)c3=O)C2)cc1. The minimum atomic E-state index is -0.221. The first-order valence-corrected chi connectivity index (χ1v) is 12.6. The lowest BCUT2D eigenvalue weighted by Crippen LogP contribution is -2.44. The first-order valence-electron chi connectivity index (χ1n) is 12.6. The molecular formula is C29H31N5O2. The number of benzene rings is 2. The second-order valence-electron chi connectivity index (χ2n) is 9.48. The van der Waals surface area contributed by atoms with Gasteiger partial charge in [0.15, 0.2) is 11.5 Å². The van der Waals surface area contributed by atoms with Crippen molar-refractivity contribution in [1.82, 2.24) is 14.5 Å². The van der Waals surface area contributed by atoms with E-state index in [1.807, 2.05) is 72.5 Å². The summed E-state index contributed by atoms with van der Waals surface area (Å²) in [5, 5.41) is 3.05. The summed E-state index contributed by atoms with van der Waals surface area (Å²) < 4.78 is 1.70. The van der Waals surface area contributed by atoms with Gasteiger partial charge in [-0.25, -0.2) is 9.97 Å². The maximum Gasteiger partial charge on any atom is 0.295 e. The molecule has 0 saturated carbocycles. The second-order valence-corrected chi connectivity index (χ2v) is 9.48. The van der Waals surface area contributed by atoms with Crippen LogP contribution in [-0.2, 0) is 17.8 Å². The monoisotopic (exact) mass is 481 g/mol. The van der Waals surface area contributed by atoms with Crippen molar-refractivity contribution in [2.75, 3.05) is 23.3 Å². The quantitative estimate of drug-likeness (QED) is 0.437. The zero-order chi connectivity index (χ0) is 25.1. The molecule has 0 bridgehead atoms. The lowest BCUT2D eigenvalue weighted by Gasteiger charge is -2.32. The normalized spacial score (nSPS) is 15.7. The average molecular weight is 482 g/mol. The summed E-state index contributed by atoms with van der Waals surface area (Å²) in [5.74, 6) is 0.139. The molecule has 2 aromatic carbocycles. The first-order chi connectivity index (χ1) is 17.5. The first kappa shape index (κ1) is 23.7. The Morgan fingerprint density at radius 2 is 1.81 bits per heavy atom. The Labute approximate surface area is 210 Å². The molecule has 7 heteroatoms. The number of hydrogen-bond donors (Lipinski definition) is 1. The highest BCUT2D eigenvalue weighted by Gasteiger charge is 2.29. The van der Waals surface area contributed by atoms with Crippen molar-refractivity contribution in [2.45, 2.75) is 39.7 Å². The van der Waals surface area contributed by atoms with Crippen LogP contribution in [-0.4, -0.2) is 33.5 Å². The fourth-order valence-electron chi connectivity index (χ4n) is 4.74. The Morgan fingerprint density at radius 1 is 1.06 bits per heavy atom. The maximum atomic E-state index is 13.7. The number of piperidine rings is 1. The molecule has 0 radical (unpaired) electrons. The molecule has 1 aliphatic heterocycles. The lowest BCUT2D eigenvalue weighted by molar-refractivity contribution is -0.120. The van der Waals surface area contributed by atoms with Gasteiger partial charge in [0, 0.05) is 25.0 Å². The van der Waals surface area contributed by atoms with Crippen LogP contribution in [0.2, 0.25) is 0 Å². The van der Waals surface area contributed by atoms with E-state index >= 15 is 0 Å². The van der Waals surface area contributed by atoms with Crippen LogP contribution in [0.4, 0.5) is 11.5 Å². The molecule has 0 aliphatic carbocycles. The molecule has 4 aromatic rings. The van der Waals surface area contributed by atoms with Gasteiger partial charge in [-0.2, -0.15) is 0 Å². The third kappa shape index (κ3) is 5.00. The summed E-state index contributed by atoms with van der Waals surface area (Å²) in [5.41, 5.74) is 5.27. The third-order valence-electron chi connectivity index (χ3n) is 6.87. The van der Waals surface area contributed by atoms with Crippen LogP contribution in [0.25, 0.3) is 11.2 Å². The van der Waals surface area contributed by atoms with Crippen LogP contribution in [0.1, 0.15) is 36.5 Å². The van der Waals surface area contributed by atoms with E-state index in [-0.39, 0.29) is 17.4 Å². The van der Waals surface area contributed by atoms with E-state index in [0.29, 0.717) is 36.6 Å². The Hall–Kier alpha value is -4.00. The molecule has 1 N–H and O–H groups in total. The van der Waals surface area contributed by atoms with Crippen molar-refractivity contribution in [3.63, 3.8) is 0 Å². The van der Waals surface area contributed by atoms with Crippen LogP contribution in [0.3, 0.4) is 0 Å². The van der Waals surface area contributed by atoms with Gasteiger partial charge >= 0.3 is 0 Å². The molecule has 5 rings (SSSR count). The molecule has 184 valence electrons. The molecule has 0 spiro atoms. The predicted molar refractivity (Wildman–Crippen MR) is 143 cm³/mol. The highest BCUT2D eigenvalue weighted by Crippen LogP contribution is 2.23. The number of fused-ring (bicyclic) bond motifs is 1.